The first-order chi connectivity index (χ1) is 15.9. The third-order valence-electron chi connectivity index (χ3n) is 6.40. The largest absolute Gasteiger partial charge is 0.474 e. The molecule has 2 aromatic rings. The summed E-state index contributed by atoms with van der Waals surface area (Å²) >= 11 is 0. The Hall–Kier alpha value is -2.54. The smallest absolute Gasteiger partial charge is 0.354 e. The molecule has 0 saturated heterocycles. The first kappa shape index (κ1) is 22.3. The molecule has 1 aliphatic heterocycles. The normalized spacial score (nSPS) is 22.6. The van der Waals surface area contributed by atoms with E-state index in [1.165, 1.54) is 10.9 Å². The number of hydrogen-bond acceptors (Lipinski definition) is 7. The second kappa shape index (κ2) is 8.67. The molecule has 178 valence electrons. The molecule has 0 bridgehead atoms. The molecule has 5 rings (SSSR count). The number of carbonyl (C=O) groups excluding carboxylic acids is 1. The van der Waals surface area contributed by atoms with Gasteiger partial charge in [0.25, 0.3) is 0 Å². The highest BCUT2D eigenvalue weighted by molar-refractivity contribution is 7.91. The number of hydrogen-bond donors (Lipinski definition) is 3. The Bertz CT molecular complexity index is 1220. The van der Waals surface area contributed by atoms with Gasteiger partial charge in [-0.25, -0.2) is 18.8 Å². The predicted molar refractivity (Wildman–Crippen MR) is 120 cm³/mol. The van der Waals surface area contributed by atoms with E-state index in [-0.39, 0.29) is 36.7 Å². The summed E-state index contributed by atoms with van der Waals surface area (Å²) < 4.78 is 29.7. The van der Waals surface area contributed by atoms with E-state index < -0.39 is 15.9 Å². The second-order valence-corrected chi connectivity index (χ2v) is 10.4. The van der Waals surface area contributed by atoms with Gasteiger partial charge in [0.15, 0.2) is 9.92 Å². The van der Waals surface area contributed by atoms with Gasteiger partial charge < -0.3 is 19.9 Å². The highest BCUT2D eigenvalue weighted by atomic mass is 32.2. The first-order valence-electron chi connectivity index (χ1n) is 11.2. The van der Waals surface area contributed by atoms with Crippen LogP contribution in [0.15, 0.2) is 15.5 Å². The summed E-state index contributed by atoms with van der Waals surface area (Å²) in [5.41, 5.74) is 4.93. The molecular formula is C21H28N6O5S. The maximum absolute atomic E-state index is 13.2. The molecule has 0 spiro atoms. The summed E-state index contributed by atoms with van der Waals surface area (Å²) in [7, 11) is -3.59. The van der Waals surface area contributed by atoms with Gasteiger partial charge in [-0.2, -0.15) is 5.10 Å². The fourth-order valence-electron chi connectivity index (χ4n) is 4.83. The number of aromatic nitrogens is 3. The lowest BCUT2D eigenvalue weighted by molar-refractivity contribution is -0.0260. The van der Waals surface area contributed by atoms with Crippen LogP contribution in [0.5, 0.6) is 5.88 Å². The second-order valence-electron chi connectivity index (χ2n) is 8.68. The zero-order chi connectivity index (χ0) is 23.2. The zero-order valence-corrected chi connectivity index (χ0v) is 19.3. The number of aliphatic hydroxyl groups is 1. The van der Waals surface area contributed by atoms with E-state index in [1.54, 1.807) is 0 Å². The van der Waals surface area contributed by atoms with Crippen LogP contribution in [0.4, 0.5) is 10.5 Å². The van der Waals surface area contributed by atoms with Crippen molar-refractivity contribution in [2.75, 3.05) is 25.1 Å². The van der Waals surface area contributed by atoms with Gasteiger partial charge >= 0.3 is 6.03 Å². The molecule has 11 nitrogen and oxygen atoms in total. The van der Waals surface area contributed by atoms with Crippen LogP contribution in [0.1, 0.15) is 48.2 Å². The number of rotatable bonds is 5. The molecule has 3 aliphatic rings. The van der Waals surface area contributed by atoms with E-state index in [9.17, 15) is 9.00 Å². The number of nitrogens with two attached hydrogens (primary N) is 1. The van der Waals surface area contributed by atoms with Crippen molar-refractivity contribution in [3.63, 3.8) is 0 Å². The molecular weight excluding hydrogens is 448 g/mol. The number of amides is 2. The number of aliphatic hydroxyl groups excluding tert-OH is 1. The van der Waals surface area contributed by atoms with Crippen LogP contribution in [0, 0.1) is 0 Å². The van der Waals surface area contributed by atoms with Crippen LogP contribution in [0.3, 0.4) is 0 Å². The predicted octanol–water partition coefficient (Wildman–Crippen LogP) is 1.52. The highest BCUT2D eigenvalue weighted by Gasteiger charge is 2.31. The Morgan fingerprint density at radius 2 is 2.27 bits per heavy atom. The van der Waals surface area contributed by atoms with Gasteiger partial charge in [-0.3, -0.25) is 4.98 Å². The quantitative estimate of drug-likeness (QED) is 0.591. The van der Waals surface area contributed by atoms with Gasteiger partial charge in [-0.1, -0.05) is 6.92 Å². The van der Waals surface area contributed by atoms with Crippen molar-refractivity contribution >= 4 is 21.6 Å². The molecule has 2 aliphatic carbocycles. The Labute approximate surface area is 192 Å². The van der Waals surface area contributed by atoms with Crippen molar-refractivity contribution in [2.24, 2.45) is 9.50 Å². The van der Waals surface area contributed by atoms with Crippen LogP contribution >= 0.6 is 0 Å². The van der Waals surface area contributed by atoms with Gasteiger partial charge in [0.1, 0.15) is 17.6 Å². The van der Waals surface area contributed by atoms with Crippen LogP contribution in [0.2, 0.25) is 0 Å². The van der Waals surface area contributed by atoms with E-state index in [1.807, 2.05) is 0 Å². The molecule has 12 heteroatoms. The minimum Gasteiger partial charge on any atom is -0.474 e. The maximum atomic E-state index is 13.2. The number of nitrogens with zero attached hydrogens (tertiary/aromatic N) is 4. The van der Waals surface area contributed by atoms with Crippen molar-refractivity contribution in [2.45, 2.75) is 62.5 Å². The lowest BCUT2D eigenvalue weighted by Crippen LogP contribution is -2.34. The van der Waals surface area contributed by atoms with Gasteiger partial charge in [-0.15, -0.1) is 4.36 Å². The van der Waals surface area contributed by atoms with Crippen LogP contribution < -0.4 is 15.2 Å². The SMILES string of the molecule is CC1CCc2c1nc1c(c2NC(=O)N=S(N)(=O)c2cnn3c2OCC(OCCO)C3)CCC1. The number of carbonyl (C=O) groups is 1. The Morgan fingerprint density at radius 3 is 3.09 bits per heavy atom. The Kier molecular flexibility index (Phi) is 5.85. The van der Waals surface area contributed by atoms with E-state index >= 15 is 0 Å². The zero-order valence-electron chi connectivity index (χ0n) is 18.5. The number of ether oxygens (including phenoxy) is 2. The minimum absolute atomic E-state index is 0.0667. The summed E-state index contributed by atoms with van der Waals surface area (Å²) in [6.07, 6.45) is 5.58. The third-order valence-corrected chi connectivity index (χ3v) is 7.75. The summed E-state index contributed by atoms with van der Waals surface area (Å²) in [5, 5.41) is 22.0. The number of nitrogens with one attached hydrogen (secondary N) is 1. The molecule has 2 amide bonds. The average Bonchev–Trinajstić information content (AvgIpc) is 3.50. The lowest BCUT2D eigenvalue weighted by Gasteiger charge is -2.24. The fraction of sp³-hybridized carbons (Fsp3) is 0.571. The number of fused-ring (bicyclic) bond motifs is 3. The molecule has 4 N–H and O–H groups in total. The van der Waals surface area contributed by atoms with Crippen molar-refractivity contribution in [3.8, 4) is 5.88 Å². The molecule has 0 saturated carbocycles. The number of pyridine rings is 1. The fourth-order valence-corrected chi connectivity index (χ4v) is 5.83. The van der Waals surface area contributed by atoms with Crippen molar-refractivity contribution in [1.29, 1.82) is 0 Å². The molecule has 0 fully saturated rings. The van der Waals surface area contributed by atoms with E-state index in [0.29, 0.717) is 12.5 Å². The number of anilines is 1. The Morgan fingerprint density at radius 1 is 1.42 bits per heavy atom. The van der Waals surface area contributed by atoms with Gasteiger partial charge in [0, 0.05) is 11.4 Å². The summed E-state index contributed by atoms with van der Waals surface area (Å²) in [6.45, 7) is 2.77. The Balaban J connectivity index is 1.40. The van der Waals surface area contributed by atoms with Crippen molar-refractivity contribution in [3.05, 3.63) is 28.7 Å². The first-order valence-corrected chi connectivity index (χ1v) is 12.8. The van der Waals surface area contributed by atoms with Gasteiger partial charge in [-0.05, 0) is 49.1 Å². The van der Waals surface area contributed by atoms with E-state index in [4.69, 9.17) is 24.7 Å². The van der Waals surface area contributed by atoms with Crippen molar-refractivity contribution in [1.82, 2.24) is 14.8 Å². The lowest BCUT2D eigenvalue weighted by atomic mass is 10.0. The maximum Gasteiger partial charge on any atom is 0.354 e. The molecule has 0 aromatic carbocycles. The highest BCUT2D eigenvalue weighted by Crippen LogP contribution is 2.41. The van der Waals surface area contributed by atoms with E-state index in [0.717, 1.165) is 60.3 Å². The third kappa shape index (κ3) is 4.12. The summed E-state index contributed by atoms with van der Waals surface area (Å²) in [4.78, 5) is 17.8. The van der Waals surface area contributed by atoms with Crippen LogP contribution in [0.25, 0.3) is 0 Å². The summed E-state index contributed by atoms with van der Waals surface area (Å²) in [6, 6.07) is -0.760. The molecule has 33 heavy (non-hydrogen) atoms. The number of aryl methyl sites for hydroxylation is 1. The average molecular weight is 477 g/mol. The van der Waals surface area contributed by atoms with Crippen LogP contribution in [-0.2, 0) is 40.5 Å². The topological polar surface area (TPSA) is 154 Å². The summed E-state index contributed by atoms with van der Waals surface area (Å²) in [5.74, 6) is 0.556. The monoisotopic (exact) mass is 476 g/mol. The van der Waals surface area contributed by atoms with Crippen molar-refractivity contribution < 1.29 is 23.6 Å². The van der Waals surface area contributed by atoms with Gasteiger partial charge in [0.05, 0.1) is 31.6 Å². The van der Waals surface area contributed by atoms with Gasteiger partial charge in [0.2, 0.25) is 5.88 Å². The minimum atomic E-state index is -3.59. The molecule has 3 atom stereocenters. The molecule has 2 aromatic heterocycles. The van der Waals surface area contributed by atoms with Crippen LogP contribution in [-0.4, -0.2) is 56.0 Å². The molecule has 3 unspecified atom stereocenters. The standard InChI is InChI=1S/C21H28N6O5S/c1-12-5-6-15-18(12)24-16-4-2-3-14(16)19(15)25-21(29)26-33(22,30)17-9-23-27-10-13(31-8-7-28)11-32-20(17)27/h9,12-13,28H,2-8,10-11H2,1H3,(H3,22,24,25,26,29,30). The number of urea groups is 1. The van der Waals surface area contributed by atoms with E-state index in [2.05, 4.69) is 21.7 Å². The molecule has 0 radical (unpaired) electrons. The molecule has 3 heterocycles.